The molecule has 1 aromatic rings. The second-order valence-corrected chi connectivity index (χ2v) is 4.97. The van der Waals surface area contributed by atoms with Crippen molar-refractivity contribution >= 4 is 23.2 Å². The average Bonchev–Trinajstić information content (AvgIpc) is 2.28. The monoisotopic (exact) mass is 259 g/mol. The number of rotatable bonds is 2. The molecule has 2 atom stereocenters. The average molecular weight is 260 g/mol. The molecular weight excluding hydrogens is 245 g/mol. The Bertz CT molecular complexity index is 362. The number of ether oxygens (including phenoxy) is 1. The molecule has 0 aliphatic carbocycles. The summed E-state index contributed by atoms with van der Waals surface area (Å²) in [7, 11) is 0. The smallest absolute Gasteiger partial charge is 0.0741 e. The quantitative estimate of drug-likeness (QED) is 0.882. The highest BCUT2D eigenvalue weighted by molar-refractivity contribution is 6.42. The Kier molecular flexibility index (Phi) is 4.09. The third-order valence-electron chi connectivity index (χ3n) is 2.76. The summed E-state index contributed by atoms with van der Waals surface area (Å²) in [5.41, 5.74) is 1.05. The van der Waals surface area contributed by atoms with E-state index < -0.39 is 0 Å². The molecule has 2 unspecified atom stereocenters. The van der Waals surface area contributed by atoms with Gasteiger partial charge in [0, 0.05) is 19.0 Å². The van der Waals surface area contributed by atoms with Crippen LogP contribution >= 0.6 is 23.2 Å². The molecule has 0 spiro atoms. The number of morpholine rings is 1. The minimum atomic E-state index is 0.187. The van der Waals surface area contributed by atoms with Crippen LogP contribution in [0.15, 0.2) is 18.2 Å². The molecule has 1 saturated heterocycles. The van der Waals surface area contributed by atoms with Crippen LogP contribution in [0.2, 0.25) is 10.0 Å². The van der Waals surface area contributed by atoms with E-state index in [2.05, 4.69) is 12.2 Å². The topological polar surface area (TPSA) is 21.3 Å². The van der Waals surface area contributed by atoms with Crippen LogP contribution in [0.4, 0.5) is 0 Å². The van der Waals surface area contributed by atoms with Crippen LogP contribution in [0.3, 0.4) is 0 Å². The third-order valence-corrected chi connectivity index (χ3v) is 3.61. The van der Waals surface area contributed by atoms with Gasteiger partial charge in [-0.2, -0.15) is 0 Å². The van der Waals surface area contributed by atoms with E-state index in [9.17, 15) is 0 Å². The Balaban J connectivity index is 2.01. The first-order valence-electron chi connectivity index (χ1n) is 5.44. The van der Waals surface area contributed by atoms with E-state index in [4.69, 9.17) is 27.9 Å². The fourth-order valence-corrected chi connectivity index (χ4v) is 2.21. The Morgan fingerprint density at radius 1 is 1.44 bits per heavy atom. The van der Waals surface area contributed by atoms with Gasteiger partial charge in [0.15, 0.2) is 0 Å². The van der Waals surface area contributed by atoms with Gasteiger partial charge in [-0.3, -0.25) is 0 Å². The van der Waals surface area contributed by atoms with Crippen LogP contribution in [-0.4, -0.2) is 25.3 Å². The van der Waals surface area contributed by atoms with Gasteiger partial charge < -0.3 is 10.1 Å². The van der Waals surface area contributed by atoms with Gasteiger partial charge in [-0.1, -0.05) is 35.3 Å². The molecule has 1 aliphatic heterocycles. The van der Waals surface area contributed by atoms with E-state index in [-0.39, 0.29) is 6.10 Å². The number of nitrogens with one attached hydrogen (secondary N) is 1. The van der Waals surface area contributed by atoms with E-state index in [1.807, 2.05) is 12.1 Å². The van der Waals surface area contributed by atoms with Crippen LogP contribution in [-0.2, 0) is 11.2 Å². The highest BCUT2D eigenvalue weighted by Crippen LogP contribution is 2.27. The van der Waals surface area contributed by atoms with Gasteiger partial charge in [-0.25, -0.2) is 0 Å². The molecule has 1 fully saturated rings. The molecule has 88 valence electrons. The van der Waals surface area contributed by atoms with E-state index in [0.717, 1.165) is 25.1 Å². The van der Waals surface area contributed by atoms with Crippen LogP contribution in [0.1, 0.15) is 12.5 Å². The van der Waals surface area contributed by atoms with Crippen molar-refractivity contribution in [3.63, 3.8) is 0 Å². The van der Waals surface area contributed by atoms with Crippen LogP contribution in [0, 0.1) is 0 Å². The molecule has 2 nitrogen and oxygen atoms in total. The molecule has 0 amide bonds. The molecule has 1 aromatic carbocycles. The maximum Gasteiger partial charge on any atom is 0.0741 e. The minimum absolute atomic E-state index is 0.187. The van der Waals surface area contributed by atoms with Gasteiger partial charge in [0.25, 0.3) is 0 Å². The van der Waals surface area contributed by atoms with Gasteiger partial charge in [0.1, 0.15) is 0 Å². The Labute approximate surface area is 106 Å². The Morgan fingerprint density at radius 2 is 2.25 bits per heavy atom. The van der Waals surface area contributed by atoms with Gasteiger partial charge in [-0.05, 0) is 18.6 Å². The van der Waals surface area contributed by atoms with Crippen molar-refractivity contribution in [3.8, 4) is 0 Å². The predicted octanol–water partition coefficient (Wildman–Crippen LogP) is 2.91. The van der Waals surface area contributed by atoms with Crippen molar-refractivity contribution in [1.82, 2.24) is 5.32 Å². The lowest BCUT2D eigenvalue weighted by Crippen LogP contribution is -2.45. The third kappa shape index (κ3) is 2.89. The highest BCUT2D eigenvalue weighted by atomic mass is 35.5. The normalized spacial score (nSPS) is 25.7. The lowest BCUT2D eigenvalue weighted by Gasteiger charge is -2.28. The summed E-state index contributed by atoms with van der Waals surface area (Å²) in [6, 6.07) is 6.15. The maximum absolute atomic E-state index is 6.13. The van der Waals surface area contributed by atoms with Crippen molar-refractivity contribution in [1.29, 1.82) is 0 Å². The predicted molar refractivity (Wildman–Crippen MR) is 67.4 cm³/mol. The first kappa shape index (κ1) is 12.2. The Morgan fingerprint density at radius 3 is 2.94 bits per heavy atom. The molecule has 0 bridgehead atoms. The van der Waals surface area contributed by atoms with Gasteiger partial charge in [0.2, 0.25) is 0 Å². The summed E-state index contributed by atoms with van der Waals surface area (Å²) in [5, 5.41) is 4.64. The van der Waals surface area contributed by atoms with Crippen LogP contribution in [0.5, 0.6) is 0 Å². The fourth-order valence-electron chi connectivity index (χ4n) is 1.81. The van der Waals surface area contributed by atoms with Gasteiger partial charge >= 0.3 is 0 Å². The molecule has 1 N–H and O–H groups in total. The summed E-state index contributed by atoms with van der Waals surface area (Å²) in [4.78, 5) is 0. The number of hydrogen-bond acceptors (Lipinski definition) is 2. The molecular formula is C12H15Cl2NO. The molecule has 1 aliphatic rings. The lowest BCUT2D eigenvalue weighted by molar-refractivity contribution is 0.00883. The van der Waals surface area contributed by atoms with Crippen LogP contribution < -0.4 is 5.32 Å². The molecule has 0 saturated carbocycles. The first-order valence-corrected chi connectivity index (χ1v) is 6.20. The standard InChI is InChI=1S/C12H15Cl2NO/c1-8-7-16-10(6-15-8)5-9-3-2-4-11(13)12(9)14/h2-4,8,10,15H,5-7H2,1H3. The van der Waals surface area contributed by atoms with E-state index in [1.165, 1.54) is 0 Å². The van der Waals surface area contributed by atoms with Crippen molar-refractivity contribution in [3.05, 3.63) is 33.8 Å². The fraction of sp³-hybridized carbons (Fsp3) is 0.500. The molecule has 0 radical (unpaired) electrons. The second kappa shape index (κ2) is 5.37. The summed E-state index contributed by atoms with van der Waals surface area (Å²) >= 11 is 12.1. The van der Waals surface area contributed by atoms with E-state index >= 15 is 0 Å². The first-order chi connectivity index (χ1) is 7.66. The summed E-state index contributed by atoms with van der Waals surface area (Å²) in [6.07, 6.45) is 0.992. The molecule has 0 aromatic heterocycles. The van der Waals surface area contributed by atoms with Crippen molar-refractivity contribution in [2.45, 2.75) is 25.5 Å². The van der Waals surface area contributed by atoms with Crippen molar-refractivity contribution < 1.29 is 4.74 Å². The second-order valence-electron chi connectivity index (χ2n) is 4.18. The van der Waals surface area contributed by atoms with E-state index in [1.54, 1.807) is 6.07 Å². The summed E-state index contributed by atoms with van der Waals surface area (Å²) in [5.74, 6) is 0. The largest absolute Gasteiger partial charge is 0.375 e. The van der Waals surface area contributed by atoms with Crippen LogP contribution in [0.25, 0.3) is 0 Å². The molecule has 16 heavy (non-hydrogen) atoms. The summed E-state index contributed by atoms with van der Waals surface area (Å²) < 4.78 is 5.72. The lowest BCUT2D eigenvalue weighted by atomic mass is 10.1. The Hall–Kier alpha value is -0.280. The summed E-state index contributed by atoms with van der Waals surface area (Å²) in [6.45, 7) is 3.73. The van der Waals surface area contributed by atoms with E-state index in [0.29, 0.717) is 16.1 Å². The zero-order valence-electron chi connectivity index (χ0n) is 9.17. The maximum atomic E-state index is 6.13. The number of hydrogen-bond donors (Lipinski definition) is 1. The van der Waals surface area contributed by atoms with Gasteiger partial charge in [-0.15, -0.1) is 0 Å². The number of halogens is 2. The molecule has 4 heteroatoms. The van der Waals surface area contributed by atoms with Crippen molar-refractivity contribution in [2.75, 3.05) is 13.2 Å². The SMILES string of the molecule is CC1COC(Cc2cccc(Cl)c2Cl)CN1. The van der Waals surface area contributed by atoms with Crippen molar-refractivity contribution in [2.24, 2.45) is 0 Å². The molecule has 1 heterocycles. The zero-order chi connectivity index (χ0) is 11.5. The zero-order valence-corrected chi connectivity index (χ0v) is 10.7. The number of benzene rings is 1. The van der Waals surface area contributed by atoms with Gasteiger partial charge in [0.05, 0.1) is 22.8 Å². The molecule has 2 rings (SSSR count). The highest BCUT2D eigenvalue weighted by Gasteiger charge is 2.19. The minimum Gasteiger partial charge on any atom is -0.375 e.